The molecule has 0 radical (unpaired) electrons. The highest BCUT2D eigenvalue weighted by atomic mass is 14.8. The van der Waals surface area contributed by atoms with E-state index in [4.69, 9.17) is 5.73 Å². The van der Waals surface area contributed by atoms with Crippen LogP contribution in [0.25, 0.3) is 0 Å². The summed E-state index contributed by atoms with van der Waals surface area (Å²) in [5, 5.41) is 0. The molecule has 50 valence electrons. The van der Waals surface area contributed by atoms with Crippen molar-refractivity contribution in [3.05, 3.63) is 12.3 Å². The standard InChI is InChI=1S/C7H12N2/c1-2-6(8)7-4-3-5-9-7/h3,5-6H,2,4,8H2,1H3. The van der Waals surface area contributed by atoms with Gasteiger partial charge in [-0.05, 0) is 6.42 Å². The van der Waals surface area contributed by atoms with Crippen LogP contribution in [0.15, 0.2) is 17.3 Å². The van der Waals surface area contributed by atoms with Gasteiger partial charge in [0, 0.05) is 24.4 Å². The van der Waals surface area contributed by atoms with Gasteiger partial charge < -0.3 is 5.73 Å². The Morgan fingerprint density at radius 2 is 2.67 bits per heavy atom. The van der Waals surface area contributed by atoms with Crippen molar-refractivity contribution >= 4 is 5.71 Å². The lowest BCUT2D eigenvalue weighted by Crippen LogP contribution is -2.28. The van der Waals surface area contributed by atoms with Gasteiger partial charge >= 0.3 is 0 Å². The number of nitrogens with two attached hydrogens (primary N) is 1. The SMILES string of the molecule is CCC(N)C1=NC=CC1. The number of aliphatic imine (C=N–C) groups is 1. The molecule has 0 spiro atoms. The minimum Gasteiger partial charge on any atom is -0.323 e. The first kappa shape index (κ1) is 6.49. The highest BCUT2D eigenvalue weighted by Gasteiger charge is 2.08. The highest BCUT2D eigenvalue weighted by Crippen LogP contribution is 2.04. The molecule has 0 aromatic rings. The van der Waals surface area contributed by atoms with Crippen LogP contribution in [0.4, 0.5) is 0 Å². The normalized spacial score (nSPS) is 20.0. The summed E-state index contributed by atoms with van der Waals surface area (Å²) >= 11 is 0. The first-order valence-electron chi connectivity index (χ1n) is 3.31. The third-order valence-electron chi connectivity index (χ3n) is 1.54. The lowest BCUT2D eigenvalue weighted by atomic mass is 10.1. The van der Waals surface area contributed by atoms with E-state index in [-0.39, 0.29) is 6.04 Å². The van der Waals surface area contributed by atoms with Crippen molar-refractivity contribution in [3.63, 3.8) is 0 Å². The van der Waals surface area contributed by atoms with Crippen molar-refractivity contribution in [2.24, 2.45) is 10.7 Å². The Bertz CT molecular complexity index is 147. The molecule has 0 aromatic heterocycles. The summed E-state index contributed by atoms with van der Waals surface area (Å²) in [7, 11) is 0. The van der Waals surface area contributed by atoms with E-state index in [1.807, 2.05) is 12.3 Å². The fraction of sp³-hybridized carbons (Fsp3) is 0.571. The van der Waals surface area contributed by atoms with Crippen LogP contribution in [0.1, 0.15) is 19.8 Å². The Kier molecular flexibility index (Phi) is 2.01. The Labute approximate surface area is 55.5 Å². The van der Waals surface area contributed by atoms with E-state index in [0.717, 1.165) is 18.6 Å². The van der Waals surface area contributed by atoms with Crippen molar-refractivity contribution in [2.45, 2.75) is 25.8 Å². The van der Waals surface area contributed by atoms with Gasteiger partial charge in [-0.1, -0.05) is 13.0 Å². The molecule has 2 N–H and O–H groups in total. The van der Waals surface area contributed by atoms with Crippen LogP contribution >= 0.6 is 0 Å². The smallest absolute Gasteiger partial charge is 0.0430 e. The maximum Gasteiger partial charge on any atom is 0.0430 e. The molecule has 1 unspecified atom stereocenters. The van der Waals surface area contributed by atoms with Crippen molar-refractivity contribution in [1.82, 2.24) is 0 Å². The first-order valence-corrected chi connectivity index (χ1v) is 3.31. The lowest BCUT2D eigenvalue weighted by Gasteiger charge is -2.06. The zero-order valence-electron chi connectivity index (χ0n) is 5.67. The second-order valence-electron chi connectivity index (χ2n) is 2.22. The molecule has 0 amide bonds. The van der Waals surface area contributed by atoms with Crippen LogP contribution in [-0.2, 0) is 0 Å². The van der Waals surface area contributed by atoms with Gasteiger partial charge in [-0.25, -0.2) is 0 Å². The number of hydrogen-bond donors (Lipinski definition) is 1. The predicted molar refractivity (Wildman–Crippen MR) is 39.5 cm³/mol. The molecule has 2 nitrogen and oxygen atoms in total. The fourth-order valence-electron chi connectivity index (χ4n) is 0.857. The molecule has 0 aliphatic carbocycles. The molecule has 0 aromatic carbocycles. The van der Waals surface area contributed by atoms with E-state index in [9.17, 15) is 0 Å². The molecule has 0 saturated heterocycles. The van der Waals surface area contributed by atoms with Crippen molar-refractivity contribution in [2.75, 3.05) is 0 Å². The summed E-state index contributed by atoms with van der Waals surface area (Å²) in [6.07, 6.45) is 5.80. The zero-order chi connectivity index (χ0) is 6.69. The van der Waals surface area contributed by atoms with E-state index in [0.29, 0.717) is 0 Å². The summed E-state index contributed by atoms with van der Waals surface area (Å²) in [5.41, 5.74) is 6.83. The van der Waals surface area contributed by atoms with Crippen LogP contribution in [0.3, 0.4) is 0 Å². The molecule has 0 bridgehead atoms. The summed E-state index contributed by atoms with van der Waals surface area (Å²) in [4.78, 5) is 4.12. The average molecular weight is 124 g/mol. The summed E-state index contributed by atoms with van der Waals surface area (Å²) in [6.45, 7) is 2.07. The topological polar surface area (TPSA) is 38.4 Å². The maximum absolute atomic E-state index is 5.71. The van der Waals surface area contributed by atoms with Gasteiger partial charge in [-0.15, -0.1) is 0 Å². The fourth-order valence-corrected chi connectivity index (χ4v) is 0.857. The molecular formula is C7H12N2. The lowest BCUT2D eigenvalue weighted by molar-refractivity contribution is 0.812. The quantitative estimate of drug-likeness (QED) is 0.587. The predicted octanol–water partition coefficient (Wildman–Crippen LogP) is 1.08. The van der Waals surface area contributed by atoms with Gasteiger partial charge in [-0.3, -0.25) is 4.99 Å². The van der Waals surface area contributed by atoms with E-state index in [1.165, 1.54) is 0 Å². The Hall–Kier alpha value is -0.630. The van der Waals surface area contributed by atoms with Crippen LogP contribution in [0.2, 0.25) is 0 Å². The number of hydrogen-bond acceptors (Lipinski definition) is 2. The minimum atomic E-state index is 0.181. The molecule has 1 atom stereocenters. The van der Waals surface area contributed by atoms with E-state index >= 15 is 0 Å². The third kappa shape index (κ3) is 1.39. The number of rotatable bonds is 2. The zero-order valence-corrected chi connectivity index (χ0v) is 5.67. The molecule has 1 aliphatic rings. The van der Waals surface area contributed by atoms with Crippen LogP contribution in [0, 0.1) is 0 Å². The second-order valence-corrected chi connectivity index (χ2v) is 2.22. The Morgan fingerprint density at radius 3 is 3.11 bits per heavy atom. The number of allylic oxidation sites excluding steroid dienone is 1. The van der Waals surface area contributed by atoms with Gasteiger partial charge in [0.1, 0.15) is 0 Å². The number of nitrogens with zero attached hydrogens (tertiary/aromatic N) is 1. The molecule has 9 heavy (non-hydrogen) atoms. The monoisotopic (exact) mass is 124 g/mol. The molecule has 1 rings (SSSR count). The Morgan fingerprint density at radius 1 is 1.89 bits per heavy atom. The van der Waals surface area contributed by atoms with Crippen molar-refractivity contribution in [3.8, 4) is 0 Å². The maximum atomic E-state index is 5.71. The molecule has 1 aliphatic heterocycles. The van der Waals surface area contributed by atoms with Gasteiger partial charge in [0.15, 0.2) is 0 Å². The molecule has 0 saturated carbocycles. The largest absolute Gasteiger partial charge is 0.323 e. The van der Waals surface area contributed by atoms with Gasteiger partial charge in [0.2, 0.25) is 0 Å². The van der Waals surface area contributed by atoms with Crippen LogP contribution < -0.4 is 5.73 Å². The van der Waals surface area contributed by atoms with Gasteiger partial charge in [0.25, 0.3) is 0 Å². The van der Waals surface area contributed by atoms with Gasteiger partial charge in [0.05, 0.1) is 0 Å². The van der Waals surface area contributed by atoms with Crippen molar-refractivity contribution < 1.29 is 0 Å². The van der Waals surface area contributed by atoms with Crippen LogP contribution in [-0.4, -0.2) is 11.8 Å². The highest BCUT2D eigenvalue weighted by molar-refractivity contribution is 5.92. The minimum absolute atomic E-state index is 0.181. The first-order chi connectivity index (χ1) is 4.34. The van der Waals surface area contributed by atoms with E-state index < -0.39 is 0 Å². The van der Waals surface area contributed by atoms with Crippen LogP contribution in [0.5, 0.6) is 0 Å². The van der Waals surface area contributed by atoms with Gasteiger partial charge in [-0.2, -0.15) is 0 Å². The third-order valence-corrected chi connectivity index (χ3v) is 1.54. The van der Waals surface area contributed by atoms with Crippen molar-refractivity contribution in [1.29, 1.82) is 0 Å². The second kappa shape index (κ2) is 2.78. The molecule has 0 fully saturated rings. The molecule has 1 heterocycles. The van der Waals surface area contributed by atoms with E-state index in [1.54, 1.807) is 0 Å². The summed E-state index contributed by atoms with van der Waals surface area (Å²) < 4.78 is 0. The average Bonchev–Trinajstić information content (AvgIpc) is 2.37. The Balaban J connectivity index is 2.45. The summed E-state index contributed by atoms with van der Waals surface area (Å²) in [5.74, 6) is 0. The molecule has 2 heteroatoms. The van der Waals surface area contributed by atoms with E-state index in [2.05, 4.69) is 11.9 Å². The molecular weight excluding hydrogens is 112 g/mol. The summed E-state index contributed by atoms with van der Waals surface area (Å²) in [6, 6.07) is 0.181.